The third-order valence-corrected chi connectivity index (χ3v) is 6.38. The molecule has 43 heavy (non-hydrogen) atoms. The van der Waals surface area contributed by atoms with Gasteiger partial charge in [-0.05, 0) is 28.8 Å². The van der Waals surface area contributed by atoms with E-state index in [2.05, 4.69) is 0 Å². The van der Waals surface area contributed by atoms with Gasteiger partial charge in [0, 0.05) is 6.07 Å². The SMILES string of the molecule is c1ccc(COc2cc(COCC3COCCOCCOCCOCCOCCO3)cc(OCc3ccccc3)c2)cc1. The molecule has 0 N–H and O–H groups in total. The molecular weight excluding hydrogens is 552 g/mol. The molecule has 0 radical (unpaired) electrons. The van der Waals surface area contributed by atoms with Crippen LogP contribution in [0.15, 0.2) is 78.9 Å². The van der Waals surface area contributed by atoms with Crippen molar-refractivity contribution in [2.24, 2.45) is 0 Å². The molecule has 1 aliphatic heterocycles. The summed E-state index contributed by atoms with van der Waals surface area (Å²) < 4.78 is 52.3. The second-order valence-electron chi connectivity index (χ2n) is 9.89. The molecule has 1 heterocycles. The van der Waals surface area contributed by atoms with Crippen LogP contribution in [0.2, 0.25) is 0 Å². The molecule has 1 fully saturated rings. The van der Waals surface area contributed by atoms with E-state index in [9.17, 15) is 0 Å². The van der Waals surface area contributed by atoms with Gasteiger partial charge >= 0.3 is 0 Å². The molecule has 1 unspecified atom stereocenters. The average molecular weight is 597 g/mol. The maximum absolute atomic E-state index is 6.13. The third kappa shape index (κ3) is 14.3. The minimum absolute atomic E-state index is 0.256. The van der Waals surface area contributed by atoms with E-state index < -0.39 is 0 Å². The van der Waals surface area contributed by atoms with Crippen molar-refractivity contribution in [3.8, 4) is 11.5 Å². The number of hydrogen-bond donors (Lipinski definition) is 0. The van der Waals surface area contributed by atoms with Gasteiger partial charge in [0.05, 0.1) is 85.9 Å². The van der Waals surface area contributed by atoms with Crippen LogP contribution in [-0.2, 0) is 53.0 Å². The van der Waals surface area contributed by atoms with Crippen LogP contribution in [0, 0.1) is 0 Å². The summed E-state index contributed by atoms with van der Waals surface area (Å²) in [7, 11) is 0. The zero-order valence-electron chi connectivity index (χ0n) is 24.9. The number of hydrogen-bond acceptors (Lipinski definition) is 9. The van der Waals surface area contributed by atoms with Crippen molar-refractivity contribution in [2.45, 2.75) is 25.9 Å². The third-order valence-electron chi connectivity index (χ3n) is 6.38. The van der Waals surface area contributed by atoms with E-state index in [1.165, 1.54) is 0 Å². The predicted molar refractivity (Wildman–Crippen MR) is 161 cm³/mol. The van der Waals surface area contributed by atoms with Gasteiger partial charge < -0.3 is 42.6 Å². The Bertz CT molecular complexity index is 1030. The number of benzene rings is 3. The molecule has 234 valence electrons. The Kier molecular flexibility index (Phi) is 15.9. The molecular formula is C34H44O9. The lowest BCUT2D eigenvalue weighted by atomic mass is 10.2. The Labute approximate surface area is 254 Å². The van der Waals surface area contributed by atoms with Gasteiger partial charge in [-0.25, -0.2) is 0 Å². The van der Waals surface area contributed by atoms with Crippen molar-refractivity contribution >= 4 is 0 Å². The van der Waals surface area contributed by atoms with Crippen molar-refractivity contribution in [3.05, 3.63) is 95.6 Å². The zero-order valence-corrected chi connectivity index (χ0v) is 24.9. The van der Waals surface area contributed by atoms with Crippen molar-refractivity contribution < 1.29 is 42.6 Å². The molecule has 1 aliphatic rings. The van der Waals surface area contributed by atoms with Gasteiger partial charge in [0.2, 0.25) is 0 Å². The lowest BCUT2D eigenvalue weighted by molar-refractivity contribution is -0.0866. The van der Waals surface area contributed by atoms with Crippen molar-refractivity contribution in [1.82, 2.24) is 0 Å². The summed E-state index contributed by atoms with van der Waals surface area (Å²) in [4.78, 5) is 0. The smallest absolute Gasteiger partial charge is 0.123 e. The van der Waals surface area contributed by atoms with Crippen LogP contribution in [0.25, 0.3) is 0 Å². The summed E-state index contributed by atoms with van der Waals surface area (Å²) in [5.41, 5.74) is 3.12. The highest BCUT2D eigenvalue weighted by molar-refractivity contribution is 5.38. The minimum atomic E-state index is -0.256. The standard InChI is InChI=1S/C34H44O9/c1-3-7-29(8-4-1)25-42-32-21-31(22-33(23-32)43-26-30-9-5-2-6-10-30)24-40-28-34-27-39-18-17-37-14-13-35-11-12-36-15-16-38-19-20-41-34/h1-10,21-23,34H,11-20,24-28H2. The molecule has 0 amide bonds. The van der Waals surface area contributed by atoms with E-state index in [0.717, 1.165) is 28.2 Å². The quantitative estimate of drug-likeness (QED) is 0.326. The Morgan fingerprint density at radius 2 is 0.953 bits per heavy atom. The molecule has 4 rings (SSSR count). The first kappa shape index (κ1) is 32.9. The van der Waals surface area contributed by atoms with Crippen LogP contribution in [-0.4, -0.2) is 85.4 Å². The normalized spacial score (nSPS) is 18.3. The van der Waals surface area contributed by atoms with Crippen LogP contribution < -0.4 is 9.47 Å². The van der Waals surface area contributed by atoms with E-state index >= 15 is 0 Å². The molecule has 0 bridgehead atoms. The minimum Gasteiger partial charge on any atom is -0.489 e. The predicted octanol–water partition coefficient (Wildman–Crippen LogP) is 4.84. The van der Waals surface area contributed by atoms with Gasteiger partial charge in [-0.3, -0.25) is 0 Å². The summed E-state index contributed by atoms with van der Waals surface area (Å²) in [6.45, 7) is 6.98. The van der Waals surface area contributed by atoms with Crippen LogP contribution in [0.5, 0.6) is 11.5 Å². The molecule has 0 aliphatic carbocycles. The van der Waals surface area contributed by atoms with Crippen molar-refractivity contribution in [2.75, 3.05) is 79.3 Å². The summed E-state index contributed by atoms with van der Waals surface area (Å²) in [6, 6.07) is 26.0. The summed E-state index contributed by atoms with van der Waals surface area (Å²) in [6.07, 6.45) is -0.256. The summed E-state index contributed by atoms with van der Waals surface area (Å²) in [5.74, 6) is 1.44. The van der Waals surface area contributed by atoms with Crippen LogP contribution in [0.4, 0.5) is 0 Å². The molecule has 3 aromatic rings. The van der Waals surface area contributed by atoms with Gasteiger partial charge in [0.1, 0.15) is 30.8 Å². The Balaban J connectivity index is 1.31. The van der Waals surface area contributed by atoms with E-state index in [-0.39, 0.29) is 6.10 Å². The average Bonchev–Trinajstić information content (AvgIpc) is 3.04. The van der Waals surface area contributed by atoms with Crippen molar-refractivity contribution in [1.29, 1.82) is 0 Å². The first-order valence-corrected chi connectivity index (χ1v) is 14.9. The largest absolute Gasteiger partial charge is 0.489 e. The Morgan fingerprint density at radius 1 is 0.488 bits per heavy atom. The topological polar surface area (TPSA) is 83.1 Å². The van der Waals surface area contributed by atoms with Gasteiger partial charge in [0.15, 0.2) is 0 Å². The molecule has 1 saturated heterocycles. The highest BCUT2D eigenvalue weighted by Gasteiger charge is 2.12. The van der Waals surface area contributed by atoms with Crippen LogP contribution in [0.1, 0.15) is 16.7 Å². The van der Waals surface area contributed by atoms with E-state index in [0.29, 0.717) is 99.1 Å². The van der Waals surface area contributed by atoms with Crippen LogP contribution in [0.3, 0.4) is 0 Å². The highest BCUT2D eigenvalue weighted by Crippen LogP contribution is 2.25. The second kappa shape index (κ2) is 20.8. The van der Waals surface area contributed by atoms with Gasteiger partial charge in [-0.1, -0.05) is 60.7 Å². The molecule has 1 atom stereocenters. The molecule has 0 spiro atoms. The van der Waals surface area contributed by atoms with E-state index in [1.807, 2.05) is 78.9 Å². The molecule has 9 heteroatoms. The van der Waals surface area contributed by atoms with Gasteiger partial charge in [-0.2, -0.15) is 0 Å². The lowest BCUT2D eigenvalue weighted by Crippen LogP contribution is -2.28. The fraction of sp³-hybridized carbons (Fsp3) is 0.471. The zero-order chi connectivity index (χ0) is 29.6. The Hall–Kier alpha value is -3.02. The fourth-order valence-electron chi connectivity index (χ4n) is 4.18. The Morgan fingerprint density at radius 3 is 1.47 bits per heavy atom. The second-order valence-corrected chi connectivity index (χ2v) is 9.89. The number of rotatable bonds is 10. The van der Waals surface area contributed by atoms with E-state index in [1.54, 1.807) is 0 Å². The summed E-state index contributed by atoms with van der Waals surface area (Å²) >= 11 is 0. The highest BCUT2D eigenvalue weighted by atomic mass is 16.6. The monoisotopic (exact) mass is 596 g/mol. The molecule has 3 aromatic carbocycles. The lowest BCUT2D eigenvalue weighted by Gasteiger charge is -2.19. The van der Waals surface area contributed by atoms with Crippen molar-refractivity contribution in [3.63, 3.8) is 0 Å². The molecule has 0 aromatic heterocycles. The molecule has 9 nitrogen and oxygen atoms in total. The first-order chi connectivity index (χ1) is 21.3. The fourth-order valence-corrected chi connectivity index (χ4v) is 4.18. The molecule has 0 saturated carbocycles. The first-order valence-electron chi connectivity index (χ1n) is 14.9. The maximum atomic E-state index is 6.13. The van der Waals surface area contributed by atoms with Crippen LogP contribution >= 0.6 is 0 Å². The maximum Gasteiger partial charge on any atom is 0.123 e. The van der Waals surface area contributed by atoms with Gasteiger partial charge in [0.25, 0.3) is 0 Å². The van der Waals surface area contributed by atoms with E-state index in [4.69, 9.17) is 42.6 Å². The number of ether oxygens (including phenoxy) is 9. The summed E-state index contributed by atoms with van der Waals surface area (Å²) in [5, 5.41) is 0. The van der Waals surface area contributed by atoms with Gasteiger partial charge in [-0.15, -0.1) is 0 Å².